The molecule has 0 unspecified atom stereocenters. The Kier molecular flexibility index (Phi) is 4.91. The Bertz CT molecular complexity index is 714. The van der Waals surface area contributed by atoms with Crippen molar-refractivity contribution < 1.29 is 0 Å². The summed E-state index contributed by atoms with van der Waals surface area (Å²) in [5, 5.41) is 4.28. The third kappa shape index (κ3) is 2.95. The van der Waals surface area contributed by atoms with E-state index in [1.165, 1.54) is 21.5 Å². The minimum atomic E-state index is -1.63. The Labute approximate surface area is 139 Å². The number of benzene rings is 3. The SMILES string of the molecule is CC[P+](c1ccccc1)(c1ccccc1)c1cccc(CN)c1. The van der Waals surface area contributed by atoms with Crippen molar-refractivity contribution >= 4 is 23.2 Å². The summed E-state index contributed by atoms with van der Waals surface area (Å²) in [6.07, 6.45) is 1.11. The van der Waals surface area contributed by atoms with Gasteiger partial charge in [0.05, 0.1) is 6.16 Å². The van der Waals surface area contributed by atoms with Crippen molar-refractivity contribution in [3.63, 3.8) is 0 Å². The van der Waals surface area contributed by atoms with E-state index in [0.29, 0.717) is 6.54 Å². The molecule has 3 rings (SSSR count). The maximum Gasteiger partial charge on any atom is 0.111 e. The molecule has 23 heavy (non-hydrogen) atoms. The van der Waals surface area contributed by atoms with Gasteiger partial charge in [-0.15, -0.1) is 0 Å². The van der Waals surface area contributed by atoms with Crippen molar-refractivity contribution in [2.75, 3.05) is 6.16 Å². The molecule has 0 radical (unpaired) electrons. The van der Waals surface area contributed by atoms with E-state index < -0.39 is 7.26 Å². The fourth-order valence-electron chi connectivity index (χ4n) is 3.28. The van der Waals surface area contributed by atoms with Crippen LogP contribution >= 0.6 is 7.26 Å². The lowest BCUT2D eigenvalue weighted by molar-refractivity contribution is 1.07. The highest BCUT2D eigenvalue weighted by molar-refractivity contribution is 7.95. The minimum absolute atomic E-state index is 0.584. The van der Waals surface area contributed by atoms with Gasteiger partial charge >= 0.3 is 0 Å². The van der Waals surface area contributed by atoms with Crippen molar-refractivity contribution in [2.24, 2.45) is 5.73 Å². The quantitative estimate of drug-likeness (QED) is 0.716. The topological polar surface area (TPSA) is 26.0 Å². The first kappa shape index (κ1) is 15.9. The lowest BCUT2D eigenvalue weighted by Gasteiger charge is -2.26. The molecule has 0 fully saturated rings. The smallest absolute Gasteiger partial charge is 0.111 e. The van der Waals surface area contributed by atoms with E-state index >= 15 is 0 Å². The van der Waals surface area contributed by atoms with Crippen LogP contribution in [0, 0.1) is 0 Å². The standard InChI is InChI=1S/C21H23NP/c1-2-23(19-11-5-3-6-12-19,20-13-7-4-8-14-20)21-15-9-10-18(16-21)17-22/h3-16H,2,17,22H2,1H3/q+1. The molecule has 0 atom stereocenters. The molecular weight excluding hydrogens is 297 g/mol. The maximum absolute atomic E-state index is 5.89. The van der Waals surface area contributed by atoms with E-state index in [1.54, 1.807) is 0 Å². The van der Waals surface area contributed by atoms with Gasteiger partial charge < -0.3 is 5.73 Å². The predicted octanol–water partition coefficient (Wildman–Crippen LogP) is 3.46. The van der Waals surface area contributed by atoms with Gasteiger partial charge in [0.15, 0.2) is 0 Å². The molecule has 0 spiro atoms. The van der Waals surface area contributed by atoms with Crippen LogP contribution in [0.1, 0.15) is 12.5 Å². The monoisotopic (exact) mass is 320 g/mol. The molecule has 0 saturated heterocycles. The average molecular weight is 320 g/mol. The molecule has 0 saturated carbocycles. The predicted molar refractivity (Wildman–Crippen MR) is 104 cm³/mol. The number of hydrogen-bond acceptors (Lipinski definition) is 1. The first-order chi connectivity index (χ1) is 11.3. The van der Waals surface area contributed by atoms with Gasteiger partial charge in [0.25, 0.3) is 0 Å². The van der Waals surface area contributed by atoms with Gasteiger partial charge in [-0.25, -0.2) is 0 Å². The van der Waals surface area contributed by atoms with Crippen molar-refractivity contribution in [1.29, 1.82) is 0 Å². The summed E-state index contributed by atoms with van der Waals surface area (Å²) in [7, 11) is -1.63. The van der Waals surface area contributed by atoms with E-state index in [4.69, 9.17) is 5.73 Å². The van der Waals surface area contributed by atoms with Gasteiger partial charge in [-0.2, -0.15) is 0 Å². The van der Waals surface area contributed by atoms with Crippen LogP contribution in [0.4, 0.5) is 0 Å². The lowest BCUT2D eigenvalue weighted by atomic mass is 10.2. The summed E-state index contributed by atoms with van der Waals surface area (Å²) in [4.78, 5) is 0. The van der Waals surface area contributed by atoms with Crippen molar-refractivity contribution in [3.8, 4) is 0 Å². The van der Waals surface area contributed by atoms with Crippen LogP contribution in [0.3, 0.4) is 0 Å². The van der Waals surface area contributed by atoms with Gasteiger partial charge in [0.1, 0.15) is 23.2 Å². The second-order valence-corrected chi connectivity index (χ2v) is 9.47. The van der Waals surface area contributed by atoms with E-state index in [1.807, 2.05) is 0 Å². The molecular formula is C21H23NP+. The van der Waals surface area contributed by atoms with Gasteiger partial charge in [-0.1, -0.05) is 48.5 Å². The highest BCUT2D eigenvalue weighted by Gasteiger charge is 2.43. The Hall–Kier alpha value is -1.95. The summed E-state index contributed by atoms with van der Waals surface area (Å²) in [5.41, 5.74) is 7.09. The highest BCUT2D eigenvalue weighted by atomic mass is 31.2. The fraction of sp³-hybridized carbons (Fsp3) is 0.143. The summed E-state index contributed by atoms with van der Waals surface area (Å²) >= 11 is 0. The zero-order valence-corrected chi connectivity index (χ0v) is 14.4. The highest BCUT2D eigenvalue weighted by Crippen LogP contribution is 2.54. The van der Waals surface area contributed by atoms with Gasteiger partial charge in [-0.3, -0.25) is 0 Å². The first-order valence-electron chi connectivity index (χ1n) is 8.10. The molecule has 116 valence electrons. The second-order valence-electron chi connectivity index (χ2n) is 5.67. The minimum Gasteiger partial charge on any atom is -0.326 e. The van der Waals surface area contributed by atoms with Crippen molar-refractivity contribution in [2.45, 2.75) is 13.5 Å². The number of rotatable bonds is 5. The van der Waals surface area contributed by atoms with E-state index in [-0.39, 0.29) is 0 Å². The van der Waals surface area contributed by atoms with E-state index in [0.717, 1.165) is 6.16 Å². The van der Waals surface area contributed by atoms with Crippen LogP contribution in [0.2, 0.25) is 0 Å². The Morgan fingerprint density at radius 3 is 1.70 bits per heavy atom. The molecule has 3 aromatic rings. The fourth-order valence-corrected chi connectivity index (χ4v) is 7.36. The van der Waals surface area contributed by atoms with Crippen LogP contribution in [0.25, 0.3) is 0 Å². The number of hydrogen-bond donors (Lipinski definition) is 1. The Morgan fingerprint density at radius 1 is 0.696 bits per heavy atom. The van der Waals surface area contributed by atoms with Crippen LogP contribution < -0.4 is 21.6 Å². The average Bonchev–Trinajstić information content (AvgIpc) is 2.65. The molecule has 0 bridgehead atoms. The molecule has 3 aromatic carbocycles. The molecule has 0 aliphatic carbocycles. The van der Waals surface area contributed by atoms with Gasteiger partial charge in [-0.05, 0) is 48.9 Å². The van der Waals surface area contributed by atoms with Crippen LogP contribution in [0.5, 0.6) is 0 Å². The molecule has 0 aromatic heterocycles. The second kappa shape index (κ2) is 7.08. The van der Waals surface area contributed by atoms with Gasteiger partial charge in [0.2, 0.25) is 0 Å². The molecule has 0 heterocycles. The first-order valence-corrected chi connectivity index (χ1v) is 10.1. The van der Waals surface area contributed by atoms with Crippen molar-refractivity contribution in [3.05, 3.63) is 90.5 Å². The molecule has 2 N–H and O–H groups in total. The normalized spacial score (nSPS) is 11.4. The lowest BCUT2D eigenvalue weighted by Crippen LogP contribution is -2.33. The zero-order valence-electron chi connectivity index (χ0n) is 13.5. The van der Waals surface area contributed by atoms with Crippen LogP contribution in [0.15, 0.2) is 84.9 Å². The molecule has 2 heteroatoms. The van der Waals surface area contributed by atoms with E-state index in [9.17, 15) is 0 Å². The molecule has 1 nitrogen and oxygen atoms in total. The van der Waals surface area contributed by atoms with Gasteiger partial charge in [0, 0.05) is 6.54 Å². The third-order valence-electron chi connectivity index (χ3n) is 4.46. The molecule has 0 aliphatic heterocycles. The van der Waals surface area contributed by atoms with Crippen molar-refractivity contribution in [1.82, 2.24) is 0 Å². The van der Waals surface area contributed by atoms with Crippen LogP contribution in [-0.4, -0.2) is 6.16 Å². The summed E-state index contributed by atoms with van der Waals surface area (Å²) < 4.78 is 0. The summed E-state index contributed by atoms with van der Waals surface area (Å²) in [5.74, 6) is 0. The third-order valence-corrected chi connectivity index (χ3v) is 8.92. The van der Waals surface area contributed by atoms with Crippen LogP contribution in [-0.2, 0) is 6.54 Å². The number of nitrogens with two attached hydrogens (primary N) is 1. The Morgan fingerprint density at radius 2 is 1.22 bits per heavy atom. The summed E-state index contributed by atoms with van der Waals surface area (Å²) in [6.45, 7) is 2.89. The van der Waals surface area contributed by atoms with E-state index in [2.05, 4.69) is 91.9 Å². The maximum atomic E-state index is 5.89. The molecule has 0 amide bonds. The molecule has 0 aliphatic rings. The largest absolute Gasteiger partial charge is 0.326 e. The Balaban J connectivity index is 2.29. The zero-order chi connectivity index (χ0) is 16.1. The summed E-state index contributed by atoms with van der Waals surface area (Å²) in [6, 6.07) is 30.7.